The lowest BCUT2D eigenvalue weighted by molar-refractivity contribution is 0.203. The second-order valence-corrected chi connectivity index (χ2v) is 9.28. The standard InChI is InChI=1S/C31H28F2N4O3/c1-40-27-14-12-26(13-15-27)37(30-28(35-39)3-2-18-34-30)31(38)36-19-16-23(17-20-36)29(21-4-8-24(32)9-5-21)22-6-10-25(33)11-7-22/h2-15,18,35,39H,16-17,19-20H2,1H3. The molecule has 1 aliphatic heterocycles. The fourth-order valence-corrected chi connectivity index (χ4v) is 4.88. The summed E-state index contributed by atoms with van der Waals surface area (Å²) in [6.45, 7) is 0.836. The monoisotopic (exact) mass is 542 g/mol. The van der Waals surface area contributed by atoms with Gasteiger partial charge in [0, 0.05) is 19.3 Å². The molecule has 40 heavy (non-hydrogen) atoms. The number of pyridine rings is 1. The van der Waals surface area contributed by atoms with E-state index in [1.165, 1.54) is 29.2 Å². The van der Waals surface area contributed by atoms with E-state index in [0.29, 0.717) is 37.4 Å². The highest BCUT2D eigenvalue weighted by Crippen LogP contribution is 2.36. The Labute approximate surface area is 230 Å². The van der Waals surface area contributed by atoms with Crippen LogP contribution < -0.4 is 15.1 Å². The van der Waals surface area contributed by atoms with Gasteiger partial charge in [0.25, 0.3) is 0 Å². The van der Waals surface area contributed by atoms with Crippen molar-refractivity contribution in [3.63, 3.8) is 0 Å². The molecule has 0 bridgehead atoms. The summed E-state index contributed by atoms with van der Waals surface area (Å²) in [6, 6.07) is 22.5. The van der Waals surface area contributed by atoms with Crippen molar-refractivity contribution in [3.05, 3.63) is 119 Å². The summed E-state index contributed by atoms with van der Waals surface area (Å²) in [7, 11) is 1.56. The van der Waals surface area contributed by atoms with E-state index in [-0.39, 0.29) is 29.2 Å². The van der Waals surface area contributed by atoms with Crippen LogP contribution in [0.25, 0.3) is 5.57 Å². The maximum atomic E-state index is 14.0. The maximum absolute atomic E-state index is 14.0. The van der Waals surface area contributed by atoms with Gasteiger partial charge in [0.15, 0.2) is 5.82 Å². The quantitative estimate of drug-likeness (QED) is 0.256. The normalized spacial score (nSPS) is 13.1. The number of methoxy groups -OCH3 is 1. The Hall–Kier alpha value is -4.76. The highest BCUT2D eigenvalue weighted by Gasteiger charge is 2.30. The van der Waals surface area contributed by atoms with Gasteiger partial charge in [0.2, 0.25) is 0 Å². The first kappa shape index (κ1) is 26.8. The van der Waals surface area contributed by atoms with Gasteiger partial charge < -0.3 is 9.64 Å². The molecule has 204 valence electrons. The number of hydrogen-bond acceptors (Lipinski definition) is 5. The molecule has 1 aliphatic rings. The van der Waals surface area contributed by atoms with Crippen molar-refractivity contribution in [1.29, 1.82) is 0 Å². The van der Waals surface area contributed by atoms with Crippen LogP contribution in [0, 0.1) is 11.6 Å². The molecule has 1 fully saturated rings. The number of urea groups is 1. The third-order valence-corrected chi connectivity index (χ3v) is 6.90. The van der Waals surface area contributed by atoms with E-state index in [0.717, 1.165) is 22.3 Å². The van der Waals surface area contributed by atoms with Gasteiger partial charge in [-0.15, -0.1) is 0 Å². The summed E-state index contributed by atoms with van der Waals surface area (Å²) in [6.07, 6.45) is 2.69. The van der Waals surface area contributed by atoms with E-state index in [2.05, 4.69) is 10.5 Å². The van der Waals surface area contributed by atoms with Crippen molar-refractivity contribution in [1.82, 2.24) is 9.88 Å². The smallest absolute Gasteiger partial charge is 0.330 e. The molecule has 0 aliphatic carbocycles. The molecule has 9 heteroatoms. The van der Waals surface area contributed by atoms with Crippen LogP contribution in [0.2, 0.25) is 0 Å². The molecular weight excluding hydrogens is 514 g/mol. The van der Waals surface area contributed by atoms with Crippen LogP contribution in [-0.2, 0) is 0 Å². The molecule has 2 N–H and O–H groups in total. The molecule has 0 radical (unpaired) electrons. The predicted molar refractivity (Wildman–Crippen MR) is 150 cm³/mol. The van der Waals surface area contributed by atoms with Crippen molar-refractivity contribution in [3.8, 4) is 5.75 Å². The molecular formula is C31H28F2N4O3. The molecule has 2 heterocycles. The van der Waals surface area contributed by atoms with E-state index >= 15 is 0 Å². The minimum atomic E-state index is -0.336. The molecule has 0 unspecified atom stereocenters. The number of anilines is 3. The number of rotatable bonds is 6. The van der Waals surface area contributed by atoms with Gasteiger partial charge >= 0.3 is 6.03 Å². The lowest BCUT2D eigenvalue weighted by atomic mass is 9.88. The number of hydrogen-bond donors (Lipinski definition) is 2. The van der Waals surface area contributed by atoms with Gasteiger partial charge in [0.05, 0.1) is 12.8 Å². The second kappa shape index (κ2) is 12.0. The van der Waals surface area contributed by atoms with E-state index in [4.69, 9.17) is 4.74 Å². The highest BCUT2D eigenvalue weighted by molar-refractivity contribution is 6.01. The van der Waals surface area contributed by atoms with Gasteiger partial charge in [-0.2, -0.15) is 0 Å². The van der Waals surface area contributed by atoms with Gasteiger partial charge in [-0.1, -0.05) is 29.8 Å². The fraction of sp³-hybridized carbons (Fsp3) is 0.161. The minimum Gasteiger partial charge on any atom is -0.497 e. The zero-order valence-electron chi connectivity index (χ0n) is 21.8. The summed E-state index contributed by atoms with van der Waals surface area (Å²) in [5.41, 5.74) is 6.63. The van der Waals surface area contributed by atoms with E-state index in [1.807, 2.05) is 0 Å². The number of ether oxygens (including phenoxy) is 1. The highest BCUT2D eigenvalue weighted by atomic mass is 19.1. The van der Waals surface area contributed by atoms with Crippen LogP contribution in [0.5, 0.6) is 5.75 Å². The Morgan fingerprint density at radius 3 is 2.00 bits per heavy atom. The second-order valence-electron chi connectivity index (χ2n) is 9.28. The predicted octanol–water partition coefficient (Wildman–Crippen LogP) is 7.03. The van der Waals surface area contributed by atoms with E-state index < -0.39 is 0 Å². The van der Waals surface area contributed by atoms with Crippen LogP contribution in [0.4, 0.5) is 30.8 Å². The molecule has 3 aromatic carbocycles. The Kier molecular flexibility index (Phi) is 8.02. The number of carbonyl (C=O) groups is 1. The van der Waals surface area contributed by atoms with Crippen molar-refractivity contribution >= 4 is 28.8 Å². The summed E-state index contributed by atoms with van der Waals surface area (Å²) >= 11 is 0. The van der Waals surface area contributed by atoms with Crippen LogP contribution in [0.15, 0.2) is 96.7 Å². The topological polar surface area (TPSA) is 77.9 Å². The first-order valence-corrected chi connectivity index (χ1v) is 12.8. The summed E-state index contributed by atoms with van der Waals surface area (Å²) < 4.78 is 32.7. The van der Waals surface area contributed by atoms with Crippen LogP contribution in [0.1, 0.15) is 24.0 Å². The van der Waals surface area contributed by atoms with Crippen molar-refractivity contribution in [2.24, 2.45) is 0 Å². The summed E-state index contributed by atoms with van der Waals surface area (Å²) in [4.78, 5) is 21.5. The largest absolute Gasteiger partial charge is 0.497 e. The number of aromatic nitrogens is 1. The molecule has 4 aromatic rings. The van der Waals surface area contributed by atoms with Crippen molar-refractivity contribution in [2.75, 3.05) is 30.6 Å². The first-order valence-electron chi connectivity index (χ1n) is 12.8. The zero-order chi connectivity index (χ0) is 28.1. The van der Waals surface area contributed by atoms with Crippen molar-refractivity contribution < 1.29 is 23.5 Å². The molecule has 5 rings (SSSR count). The van der Waals surface area contributed by atoms with Gasteiger partial charge in [-0.3, -0.25) is 10.7 Å². The molecule has 0 saturated carbocycles. The lowest BCUT2D eigenvalue weighted by Gasteiger charge is -2.34. The number of carbonyl (C=O) groups excluding carboxylic acids is 1. The minimum absolute atomic E-state index is 0.250. The van der Waals surface area contributed by atoms with E-state index in [9.17, 15) is 18.8 Å². The van der Waals surface area contributed by atoms with Gasteiger partial charge in [-0.05, 0) is 90.2 Å². The van der Waals surface area contributed by atoms with Crippen LogP contribution >= 0.6 is 0 Å². The maximum Gasteiger partial charge on any atom is 0.330 e. The Morgan fingerprint density at radius 2 is 1.48 bits per heavy atom. The fourth-order valence-electron chi connectivity index (χ4n) is 4.88. The van der Waals surface area contributed by atoms with Crippen molar-refractivity contribution in [2.45, 2.75) is 12.8 Å². The van der Waals surface area contributed by atoms with Crippen LogP contribution in [-0.4, -0.2) is 41.3 Å². The molecule has 0 spiro atoms. The number of benzene rings is 3. The molecule has 7 nitrogen and oxygen atoms in total. The third kappa shape index (κ3) is 5.64. The Morgan fingerprint density at radius 1 is 0.900 bits per heavy atom. The average molecular weight is 543 g/mol. The molecule has 1 saturated heterocycles. The number of likely N-dealkylation sites (tertiary alicyclic amines) is 1. The first-order chi connectivity index (χ1) is 19.5. The van der Waals surface area contributed by atoms with Gasteiger partial charge in [-0.25, -0.2) is 23.5 Å². The Bertz CT molecular complexity index is 1450. The van der Waals surface area contributed by atoms with E-state index in [1.54, 1.807) is 78.9 Å². The molecule has 1 aromatic heterocycles. The molecule has 2 amide bonds. The Balaban J connectivity index is 1.47. The summed E-state index contributed by atoms with van der Waals surface area (Å²) in [5.74, 6) is 0.217. The number of halogens is 2. The average Bonchev–Trinajstić information content (AvgIpc) is 3.00. The third-order valence-electron chi connectivity index (χ3n) is 6.90. The summed E-state index contributed by atoms with van der Waals surface area (Å²) in [5, 5.41) is 9.72. The van der Waals surface area contributed by atoms with Crippen LogP contribution in [0.3, 0.4) is 0 Å². The number of piperidine rings is 1. The number of nitrogens with one attached hydrogen (secondary N) is 1. The number of amides is 2. The zero-order valence-corrected chi connectivity index (χ0v) is 21.8. The number of nitrogens with zero attached hydrogens (tertiary/aromatic N) is 3. The lowest BCUT2D eigenvalue weighted by Crippen LogP contribution is -2.44. The molecule has 0 atom stereocenters. The SMILES string of the molecule is COc1ccc(N(C(=O)N2CCC(=C(c3ccc(F)cc3)c3ccc(F)cc3)CC2)c2ncccc2NO)cc1. The van der Waals surface area contributed by atoms with Gasteiger partial charge in [0.1, 0.15) is 23.1 Å².